The van der Waals surface area contributed by atoms with Gasteiger partial charge in [-0.15, -0.1) is 11.3 Å². The molecule has 1 unspecified atom stereocenters. The van der Waals surface area contributed by atoms with Gasteiger partial charge in [0.05, 0.1) is 18.2 Å². The van der Waals surface area contributed by atoms with Crippen LogP contribution in [0.3, 0.4) is 0 Å². The zero-order valence-corrected chi connectivity index (χ0v) is 14.8. The molecule has 2 rings (SSSR count). The highest BCUT2D eigenvalue weighted by Crippen LogP contribution is 2.38. The average molecular weight is 375 g/mol. The molecule has 0 bridgehead atoms. The molecule has 0 saturated carbocycles. The van der Waals surface area contributed by atoms with Gasteiger partial charge >= 0.3 is 0 Å². The van der Waals surface area contributed by atoms with Crippen LogP contribution in [0.25, 0.3) is 0 Å². The molecule has 1 heterocycles. The SMILES string of the molecule is CCNC(c1ccc(OC)cc1Br)c1scc(C)c1Cl. The third-order valence-electron chi connectivity index (χ3n) is 3.11. The minimum absolute atomic E-state index is 0.0893. The molecule has 1 aromatic carbocycles. The smallest absolute Gasteiger partial charge is 0.120 e. The molecule has 0 aliphatic rings. The van der Waals surface area contributed by atoms with E-state index in [2.05, 4.69) is 39.6 Å². The van der Waals surface area contributed by atoms with Crippen molar-refractivity contribution in [3.05, 3.63) is 49.1 Å². The fraction of sp³-hybridized carbons (Fsp3) is 0.333. The van der Waals surface area contributed by atoms with E-state index in [4.69, 9.17) is 16.3 Å². The van der Waals surface area contributed by atoms with Crippen LogP contribution < -0.4 is 10.1 Å². The van der Waals surface area contributed by atoms with Gasteiger partial charge in [-0.05, 0) is 42.1 Å². The molecular formula is C15H17BrClNOS. The normalized spacial score (nSPS) is 12.4. The Morgan fingerprint density at radius 1 is 1.45 bits per heavy atom. The second-order valence-corrected chi connectivity index (χ2v) is 6.62. The van der Waals surface area contributed by atoms with E-state index in [-0.39, 0.29) is 6.04 Å². The lowest BCUT2D eigenvalue weighted by molar-refractivity contribution is 0.414. The Hall–Kier alpha value is -0.550. The van der Waals surface area contributed by atoms with E-state index in [9.17, 15) is 0 Å². The number of methoxy groups -OCH3 is 1. The molecule has 0 saturated heterocycles. The van der Waals surface area contributed by atoms with Crippen LogP contribution in [-0.2, 0) is 0 Å². The van der Waals surface area contributed by atoms with Crippen molar-refractivity contribution in [2.45, 2.75) is 19.9 Å². The lowest BCUT2D eigenvalue weighted by Crippen LogP contribution is -2.21. The average Bonchev–Trinajstić information content (AvgIpc) is 2.77. The van der Waals surface area contributed by atoms with Crippen LogP contribution in [0.2, 0.25) is 5.02 Å². The van der Waals surface area contributed by atoms with Crippen molar-refractivity contribution in [1.29, 1.82) is 0 Å². The number of benzene rings is 1. The summed E-state index contributed by atoms with van der Waals surface area (Å²) in [6.45, 7) is 5.00. The van der Waals surface area contributed by atoms with E-state index >= 15 is 0 Å². The molecule has 20 heavy (non-hydrogen) atoms. The molecule has 0 spiro atoms. The summed E-state index contributed by atoms with van der Waals surface area (Å²) in [6, 6.07) is 6.11. The van der Waals surface area contributed by atoms with Crippen molar-refractivity contribution >= 4 is 38.9 Å². The van der Waals surface area contributed by atoms with Gasteiger partial charge in [-0.3, -0.25) is 0 Å². The molecule has 2 nitrogen and oxygen atoms in total. The number of aryl methyl sites for hydroxylation is 1. The van der Waals surface area contributed by atoms with Crippen molar-refractivity contribution in [3.8, 4) is 5.75 Å². The summed E-state index contributed by atoms with van der Waals surface area (Å²) in [5, 5.41) is 6.45. The molecule has 0 radical (unpaired) electrons. The monoisotopic (exact) mass is 373 g/mol. The summed E-state index contributed by atoms with van der Waals surface area (Å²) < 4.78 is 6.27. The van der Waals surface area contributed by atoms with Crippen LogP contribution in [0.5, 0.6) is 5.75 Å². The van der Waals surface area contributed by atoms with Crippen LogP contribution in [0.1, 0.15) is 29.0 Å². The molecule has 0 fully saturated rings. The highest BCUT2D eigenvalue weighted by Gasteiger charge is 2.21. The molecule has 0 amide bonds. The lowest BCUT2D eigenvalue weighted by Gasteiger charge is -2.19. The number of ether oxygens (including phenoxy) is 1. The van der Waals surface area contributed by atoms with Gasteiger partial charge in [0.2, 0.25) is 0 Å². The van der Waals surface area contributed by atoms with Crippen LogP contribution >= 0.6 is 38.9 Å². The number of rotatable bonds is 5. The molecular weight excluding hydrogens is 358 g/mol. The quantitative estimate of drug-likeness (QED) is 0.778. The highest BCUT2D eigenvalue weighted by atomic mass is 79.9. The molecule has 0 aliphatic carbocycles. The molecule has 1 aromatic heterocycles. The number of halogens is 2. The number of hydrogen-bond acceptors (Lipinski definition) is 3. The molecule has 0 aliphatic heterocycles. The van der Waals surface area contributed by atoms with Gasteiger partial charge in [0.1, 0.15) is 5.75 Å². The Bertz CT molecular complexity index is 600. The Morgan fingerprint density at radius 3 is 2.70 bits per heavy atom. The van der Waals surface area contributed by atoms with E-state index in [0.29, 0.717) is 0 Å². The first-order chi connectivity index (χ1) is 9.58. The zero-order valence-electron chi connectivity index (χ0n) is 11.7. The maximum Gasteiger partial charge on any atom is 0.120 e. The Kier molecular flexibility index (Phi) is 5.49. The zero-order chi connectivity index (χ0) is 14.7. The van der Waals surface area contributed by atoms with Crippen LogP contribution in [-0.4, -0.2) is 13.7 Å². The largest absolute Gasteiger partial charge is 0.497 e. The molecule has 108 valence electrons. The van der Waals surface area contributed by atoms with Gasteiger partial charge in [0, 0.05) is 9.35 Å². The van der Waals surface area contributed by atoms with Crippen LogP contribution in [0.15, 0.2) is 28.1 Å². The van der Waals surface area contributed by atoms with E-state index in [1.165, 1.54) is 0 Å². The fourth-order valence-corrected chi connectivity index (χ4v) is 4.04. The summed E-state index contributed by atoms with van der Waals surface area (Å²) in [6.07, 6.45) is 0. The van der Waals surface area contributed by atoms with Crippen molar-refractivity contribution in [2.24, 2.45) is 0 Å². The number of hydrogen-bond donors (Lipinski definition) is 1. The third kappa shape index (κ3) is 3.19. The second-order valence-electron chi connectivity index (χ2n) is 4.48. The van der Waals surface area contributed by atoms with Crippen LogP contribution in [0, 0.1) is 6.92 Å². The minimum atomic E-state index is 0.0893. The first-order valence-corrected chi connectivity index (χ1v) is 8.43. The summed E-state index contributed by atoms with van der Waals surface area (Å²) in [7, 11) is 1.67. The summed E-state index contributed by atoms with van der Waals surface area (Å²) in [4.78, 5) is 1.15. The van der Waals surface area contributed by atoms with Gasteiger partial charge in [0.15, 0.2) is 0 Å². The van der Waals surface area contributed by atoms with Gasteiger partial charge in [-0.1, -0.05) is 40.5 Å². The lowest BCUT2D eigenvalue weighted by atomic mass is 10.0. The topological polar surface area (TPSA) is 21.3 Å². The Labute approximate surface area is 137 Å². The number of thiophene rings is 1. The first kappa shape index (κ1) is 15.8. The standard InChI is InChI=1S/C15H17BrClNOS/c1-4-18-14(15-13(17)9(2)8-20-15)11-6-5-10(19-3)7-12(11)16/h5-8,14,18H,4H2,1-3H3. The predicted molar refractivity (Wildman–Crippen MR) is 90.3 cm³/mol. The Morgan fingerprint density at radius 2 is 2.20 bits per heavy atom. The van der Waals surface area contributed by atoms with E-state index in [1.54, 1.807) is 18.4 Å². The Balaban J connectivity index is 2.46. The van der Waals surface area contributed by atoms with E-state index in [0.717, 1.165) is 37.8 Å². The van der Waals surface area contributed by atoms with Crippen molar-refractivity contribution in [2.75, 3.05) is 13.7 Å². The molecule has 1 N–H and O–H groups in total. The van der Waals surface area contributed by atoms with Gasteiger partial charge in [0.25, 0.3) is 0 Å². The highest BCUT2D eigenvalue weighted by molar-refractivity contribution is 9.10. The predicted octanol–water partition coefficient (Wildman–Crippen LogP) is 5.18. The maximum atomic E-state index is 6.43. The first-order valence-electron chi connectivity index (χ1n) is 6.38. The van der Waals surface area contributed by atoms with E-state index < -0.39 is 0 Å². The fourth-order valence-electron chi connectivity index (χ4n) is 2.06. The summed E-state index contributed by atoms with van der Waals surface area (Å²) in [5.74, 6) is 0.837. The van der Waals surface area contributed by atoms with Gasteiger partial charge in [-0.25, -0.2) is 0 Å². The number of nitrogens with one attached hydrogen (secondary N) is 1. The molecule has 1 atom stereocenters. The molecule has 2 aromatic rings. The second kappa shape index (κ2) is 6.94. The minimum Gasteiger partial charge on any atom is -0.497 e. The van der Waals surface area contributed by atoms with E-state index in [1.807, 2.05) is 19.1 Å². The van der Waals surface area contributed by atoms with Gasteiger partial charge < -0.3 is 10.1 Å². The summed E-state index contributed by atoms with van der Waals surface area (Å²) >= 11 is 11.8. The van der Waals surface area contributed by atoms with Crippen molar-refractivity contribution in [3.63, 3.8) is 0 Å². The van der Waals surface area contributed by atoms with Gasteiger partial charge in [-0.2, -0.15) is 0 Å². The maximum absolute atomic E-state index is 6.43. The van der Waals surface area contributed by atoms with Crippen molar-refractivity contribution < 1.29 is 4.74 Å². The van der Waals surface area contributed by atoms with Crippen molar-refractivity contribution in [1.82, 2.24) is 5.32 Å². The summed E-state index contributed by atoms with van der Waals surface area (Å²) in [5.41, 5.74) is 2.29. The third-order valence-corrected chi connectivity index (χ3v) is 5.58. The van der Waals surface area contributed by atoms with Crippen LogP contribution in [0.4, 0.5) is 0 Å². The molecule has 5 heteroatoms.